The molecule has 4 nitrogen and oxygen atoms in total. The number of rotatable bonds is 6. The van der Waals surface area contributed by atoms with Crippen LogP contribution in [0.4, 0.5) is 11.5 Å². The Morgan fingerprint density at radius 3 is 2.50 bits per heavy atom. The summed E-state index contributed by atoms with van der Waals surface area (Å²) in [6.07, 6.45) is 11.3. The Morgan fingerprint density at radius 1 is 0.938 bits per heavy atom. The van der Waals surface area contributed by atoms with E-state index < -0.39 is 0 Å². The third kappa shape index (κ3) is 4.96. The fourth-order valence-corrected chi connectivity index (χ4v) is 6.75. The summed E-state index contributed by atoms with van der Waals surface area (Å²) in [6.45, 7) is 7.44. The Bertz CT molecular complexity index is 918. The van der Waals surface area contributed by atoms with Gasteiger partial charge in [0.15, 0.2) is 0 Å². The molecule has 2 saturated heterocycles. The summed E-state index contributed by atoms with van der Waals surface area (Å²) in [5.41, 5.74) is 1.86. The maximum Gasteiger partial charge on any atom is 0.147 e. The summed E-state index contributed by atoms with van der Waals surface area (Å²) in [6, 6.07) is 10.4. The summed E-state index contributed by atoms with van der Waals surface area (Å²) < 4.78 is 0. The Hall–Kier alpha value is -1.27. The predicted octanol–water partition coefficient (Wildman–Crippen LogP) is 6.32. The number of hydrogen-bond donors (Lipinski definition) is 0. The molecule has 5 rings (SSSR count). The highest BCUT2D eigenvalue weighted by Gasteiger charge is 2.36. The van der Waals surface area contributed by atoms with Gasteiger partial charge in [0.05, 0.1) is 10.6 Å². The van der Waals surface area contributed by atoms with Gasteiger partial charge in [-0.3, -0.25) is 0 Å². The van der Waals surface area contributed by atoms with Crippen molar-refractivity contribution in [3.63, 3.8) is 0 Å². The van der Waals surface area contributed by atoms with E-state index in [1.807, 2.05) is 18.3 Å². The van der Waals surface area contributed by atoms with Crippen LogP contribution in [0.2, 0.25) is 5.02 Å². The second-order valence-electron chi connectivity index (χ2n) is 9.90. The second-order valence-corrected chi connectivity index (χ2v) is 11.4. The Labute approximate surface area is 202 Å². The van der Waals surface area contributed by atoms with Crippen LogP contribution in [0.15, 0.2) is 46.3 Å². The van der Waals surface area contributed by atoms with E-state index in [1.165, 1.54) is 93.1 Å². The maximum atomic E-state index is 6.34. The van der Waals surface area contributed by atoms with E-state index in [-0.39, 0.29) is 0 Å². The SMILES string of the molecule is CN1CCC2(CC1)CCN(CCCCCN1c3cc(Cl)ccc3Sc3cccnc31)CC2. The average molecular weight is 471 g/mol. The molecule has 0 saturated carbocycles. The molecule has 0 radical (unpaired) electrons. The number of pyridine rings is 1. The van der Waals surface area contributed by atoms with Crippen molar-refractivity contribution in [2.24, 2.45) is 5.41 Å². The third-order valence-electron chi connectivity index (χ3n) is 7.76. The molecule has 0 amide bonds. The summed E-state index contributed by atoms with van der Waals surface area (Å²) in [5, 5.41) is 0.793. The van der Waals surface area contributed by atoms with Gasteiger partial charge in [-0.15, -0.1) is 0 Å². The molecule has 32 heavy (non-hydrogen) atoms. The van der Waals surface area contributed by atoms with Crippen LogP contribution in [0, 0.1) is 5.41 Å². The highest BCUT2D eigenvalue weighted by atomic mass is 35.5. The predicted molar refractivity (Wildman–Crippen MR) is 136 cm³/mol. The van der Waals surface area contributed by atoms with Crippen molar-refractivity contribution in [3.05, 3.63) is 41.6 Å². The van der Waals surface area contributed by atoms with Crippen molar-refractivity contribution < 1.29 is 0 Å². The molecule has 0 unspecified atom stereocenters. The third-order valence-corrected chi connectivity index (χ3v) is 9.10. The highest BCUT2D eigenvalue weighted by molar-refractivity contribution is 7.99. The zero-order chi connectivity index (χ0) is 22.0. The number of unbranched alkanes of at least 4 members (excludes halogenated alkanes) is 2. The zero-order valence-electron chi connectivity index (χ0n) is 19.2. The minimum absolute atomic E-state index is 0.657. The molecule has 2 fully saturated rings. The first-order chi connectivity index (χ1) is 15.6. The molecule has 2 aromatic rings. The normalized spacial score (nSPS) is 20.9. The van der Waals surface area contributed by atoms with E-state index in [4.69, 9.17) is 16.6 Å². The molecule has 3 aliphatic rings. The van der Waals surface area contributed by atoms with Gasteiger partial charge in [0.1, 0.15) is 5.82 Å². The first kappa shape index (κ1) is 22.5. The molecule has 0 aliphatic carbocycles. The topological polar surface area (TPSA) is 22.6 Å². The van der Waals surface area contributed by atoms with Crippen LogP contribution in [0.1, 0.15) is 44.9 Å². The van der Waals surface area contributed by atoms with Crippen molar-refractivity contribution in [3.8, 4) is 0 Å². The number of aromatic nitrogens is 1. The fourth-order valence-electron chi connectivity index (χ4n) is 5.54. The Balaban J connectivity index is 1.10. The lowest BCUT2D eigenvalue weighted by molar-refractivity contribution is 0.0423. The molecule has 1 aromatic heterocycles. The standard InChI is InChI=1S/C26H35ClN4S/c1-29-16-9-26(10-17-29)11-18-30(19-12-26)14-3-2-4-15-31-22-20-21(27)7-8-23(22)32-24-6-5-13-28-25(24)31/h5-8,13,20H,2-4,9-12,14-19H2,1H3. The molecule has 1 spiro atoms. The minimum Gasteiger partial charge on any atom is -0.324 e. The molecular weight excluding hydrogens is 436 g/mol. The van der Waals surface area contributed by atoms with E-state index in [9.17, 15) is 0 Å². The number of hydrogen-bond acceptors (Lipinski definition) is 5. The number of halogens is 1. The van der Waals surface area contributed by atoms with Gasteiger partial charge in [-0.2, -0.15) is 0 Å². The van der Waals surface area contributed by atoms with Crippen LogP contribution in [0.3, 0.4) is 0 Å². The van der Waals surface area contributed by atoms with Crippen LogP contribution in [-0.4, -0.2) is 61.1 Å². The smallest absolute Gasteiger partial charge is 0.147 e. The van der Waals surface area contributed by atoms with Gasteiger partial charge in [0.2, 0.25) is 0 Å². The number of nitrogens with zero attached hydrogens (tertiary/aromatic N) is 4. The van der Waals surface area contributed by atoms with Gasteiger partial charge in [0, 0.05) is 22.7 Å². The Morgan fingerprint density at radius 2 is 1.69 bits per heavy atom. The molecule has 0 atom stereocenters. The van der Waals surface area contributed by atoms with Gasteiger partial charge in [0.25, 0.3) is 0 Å². The van der Waals surface area contributed by atoms with Crippen molar-refractivity contribution in [2.75, 3.05) is 51.2 Å². The molecule has 6 heteroatoms. The van der Waals surface area contributed by atoms with E-state index in [2.05, 4.69) is 39.9 Å². The van der Waals surface area contributed by atoms with Crippen LogP contribution >= 0.6 is 23.4 Å². The van der Waals surface area contributed by atoms with Crippen LogP contribution in [0.25, 0.3) is 0 Å². The first-order valence-electron chi connectivity index (χ1n) is 12.2. The molecule has 0 N–H and O–H groups in total. The lowest BCUT2D eigenvalue weighted by Gasteiger charge is -2.46. The maximum absolute atomic E-state index is 6.34. The van der Waals surface area contributed by atoms with Crippen molar-refractivity contribution in [1.82, 2.24) is 14.8 Å². The van der Waals surface area contributed by atoms with E-state index >= 15 is 0 Å². The Kier molecular flexibility index (Phi) is 6.98. The summed E-state index contributed by atoms with van der Waals surface area (Å²) in [4.78, 5) is 14.8. The average Bonchev–Trinajstić information content (AvgIpc) is 2.82. The monoisotopic (exact) mass is 470 g/mol. The molecule has 4 heterocycles. The summed E-state index contributed by atoms with van der Waals surface area (Å²) in [5.74, 6) is 1.08. The molecule has 3 aliphatic heterocycles. The molecule has 0 bridgehead atoms. The van der Waals surface area contributed by atoms with Crippen molar-refractivity contribution in [1.29, 1.82) is 0 Å². The van der Waals surface area contributed by atoms with Crippen LogP contribution in [-0.2, 0) is 0 Å². The minimum atomic E-state index is 0.657. The molecule has 1 aromatic carbocycles. The van der Waals surface area contributed by atoms with Gasteiger partial charge < -0.3 is 14.7 Å². The van der Waals surface area contributed by atoms with E-state index in [0.717, 1.165) is 17.4 Å². The number of benzene rings is 1. The number of anilines is 2. The van der Waals surface area contributed by atoms with E-state index in [1.54, 1.807) is 11.8 Å². The van der Waals surface area contributed by atoms with Crippen molar-refractivity contribution >= 4 is 34.9 Å². The number of fused-ring (bicyclic) bond motifs is 2. The lowest BCUT2D eigenvalue weighted by Crippen LogP contribution is -2.46. The summed E-state index contributed by atoms with van der Waals surface area (Å²) >= 11 is 8.13. The lowest BCUT2D eigenvalue weighted by atomic mass is 9.71. The van der Waals surface area contributed by atoms with Gasteiger partial charge in [-0.25, -0.2) is 4.98 Å². The largest absolute Gasteiger partial charge is 0.324 e. The van der Waals surface area contributed by atoms with Gasteiger partial charge in [-0.1, -0.05) is 29.8 Å². The second kappa shape index (κ2) is 9.92. The van der Waals surface area contributed by atoms with Crippen LogP contribution in [0.5, 0.6) is 0 Å². The molecular formula is C26H35ClN4S. The molecule has 172 valence electrons. The van der Waals surface area contributed by atoms with Gasteiger partial charge >= 0.3 is 0 Å². The van der Waals surface area contributed by atoms with E-state index in [0.29, 0.717) is 5.41 Å². The fraction of sp³-hybridized carbons (Fsp3) is 0.577. The number of likely N-dealkylation sites (tertiary alicyclic amines) is 2. The zero-order valence-corrected chi connectivity index (χ0v) is 20.8. The highest BCUT2D eigenvalue weighted by Crippen LogP contribution is 2.47. The first-order valence-corrected chi connectivity index (χ1v) is 13.4. The summed E-state index contributed by atoms with van der Waals surface area (Å²) in [7, 11) is 2.27. The number of piperidine rings is 2. The quantitative estimate of drug-likeness (QED) is 0.460. The van der Waals surface area contributed by atoms with Crippen LogP contribution < -0.4 is 4.90 Å². The van der Waals surface area contributed by atoms with Crippen molar-refractivity contribution in [2.45, 2.75) is 54.7 Å². The van der Waals surface area contributed by atoms with Gasteiger partial charge in [-0.05, 0) is 114 Å².